The number of hydrogen-bond acceptors (Lipinski definition) is 3. The van der Waals surface area contributed by atoms with Crippen LogP contribution in [0.15, 0.2) is 18.2 Å². The molecular formula is C15H20O4. The van der Waals surface area contributed by atoms with Crippen molar-refractivity contribution in [1.82, 2.24) is 0 Å². The minimum atomic E-state index is -0.693. The van der Waals surface area contributed by atoms with Crippen LogP contribution in [0.4, 0.5) is 0 Å². The molecule has 3 atom stereocenters. The maximum atomic E-state index is 10.9. The van der Waals surface area contributed by atoms with Crippen molar-refractivity contribution in [1.29, 1.82) is 0 Å². The van der Waals surface area contributed by atoms with Gasteiger partial charge in [0.15, 0.2) is 0 Å². The van der Waals surface area contributed by atoms with Crippen molar-refractivity contribution in [2.45, 2.75) is 38.7 Å². The van der Waals surface area contributed by atoms with E-state index in [1.165, 1.54) is 0 Å². The first-order valence-corrected chi connectivity index (χ1v) is 6.72. The highest BCUT2D eigenvalue weighted by molar-refractivity contribution is 5.73. The normalized spacial score (nSPS) is 23.1. The minimum absolute atomic E-state index is 0.107. The standard InChI is InChI=1S/C15H20O4/c1-2-9(5-11-7-13(11)15(18)19)10-3-4-14(17)12(6-10)8-16/h3-4,6,9,11,13,16-17H,2,5,7-8H2,1H3,(H,18,19). The zero-order valence-corrected chi connectivity index (χ0v) is 11.0. The molecule has 0 amide bonds. The molecule has 1 aromatic rings. The van der Waals surface area contributed by atoms with Crippen LogP contribution >= 0.6 is 0 Å². The molecule has 2 rings (SSSR count). The molecule has 0 heterocycles. The van der Waals surface area contributed by atoms with Crippen molar-refractivity contribution in [3.63, 3.8) is 0 Å². The van der Waals surface area contributed by atoms with Gasteiger partial charge < -0.3 is 15.3 Å². The molecule has 19 heavy (non-hydrogen) atoms. The van der Waals surface area contributed by atoms with Gasteiger partial charge in [0.1, 0.15) is 5.75 Å². The third kappa shape index (κ3) is 3.07. The van der Waals surface area contributed by atoms with Crippen LogP contribution in [0.25, 0.3) is 0 Å². The molecule has 0 spiro atoms. The molecule has 1 saturated carbocycles. The van der Waals surface area contributed by atoms with E-state index in [-0.39, 0.29) is 24.2 Å². The third-order valence-corrected chi connectivity index (χ3v) is 4.07. The van der Waals surface area contributed by atoms with Gasteiger partial charge in [-0.25, -0.2) is 0 Å². The summed E-state index contributed by atoms with van der Waals surface area (Å²) in [5.41, 5.74) is 1.60. The number of carbonyl (C=O) groups is 1. The van der Waals surface area contributed by atoms with Crippen LogP contribution in [0.1, 0.15) is 43.2 Å². The first kappa shape index (κ1) is 13.9. The zero-order chi connectivity index (χ0) is 14.0. The summed E-state index contributed by atoms with van der Waals surface area (Å²) in [6, 6.07) is 5.29. The number of hydrogen-bond donors (Lipinski definition) is 3. The Hall–Kier alpha value is -1.55. The predicted octanol–water partition coefficient (Wildman–Crippen LogP) is 2.49. The Bertz CT molecular complexity index is 469. The van der Waals surface area contributed by atoms with Crippen molar-refractivity contribution in [2.24, 2.45) is 11.8 Å². The van der Waals surface area contributed by atoms with Crippen LogP contribution in [0.3, 0.4) is 0 Å². The molecule has 104 valence electrons. The van der Waals surface area contributed by atoms with Crippen molar-refractivity contribution in [3.8, 4) is 5.75 Å². The van der Waals surface area contributed by atoms with E-state index in [2.05, 4.69) is 6.92 Å². The molecule has 3 N–H and O–H groups in total. The summed E-state index contributed by atoms with van der Waals surface area (Å²) < 4.78 is 0. The van der Waals surface area contributed by atoms with Gasteiger partial charge in [-0.15, -0.1) is 0 Å². The van der Waals surface area contributed by atoms with Crippen molar-refractivity contribution in [3.05, 3.63) is 29.3 Å². The van der Waals surface area contributed by atoms with E-state index in [0.29, 0.717) is 11.5 Å². The van der Waals surface area contributed by atoms with E-state index in [1.807, 2.05) is 12.1 Å². The van der Waals surface area contributed by atoms with Gasteiger partial charge in [-0.3, -0.25) is 4.79 Å². The zero-order valence-electron chi connectivity index (χ0n) is 11.0. The number of carboxylic acid groups (broad SMARTS) is 1. The minimum Gasteiger partial charge on any atom is -0.508 e. The Morgan fingerprint density at radius 2 is 2.21 bits per heavy atom. The number of carboxylic acids is 1. The lowest BCUT2D eigenvalue weighted by atomic mass is 9.89. The first-order chi connectivity index (χ1) is 9.06. The molecule has 1 aromatic carbocycles. The summed E-state index contributed by atoms with van der Waals surface area (Å²) in [5, 5.41) is 27.7. The highest BCUT2D eigenvalue weighted by Crippen LogP contribution is 2.46. The number of aliphatic carboxylic acids is 1. The van der Waals surface area contributed by atoms with Crippen LogP contribution in [-0.4, -0.2) is 21.3 Å². The van der Waals surface area contributed by atoms with Gasteiger partial charge in [-0.05, 0) is 48.8 Å². The second-order valence-electron chi connectivity index (χ2n) is 5.33. The van der Waals surface area contributed by atoms with Gasteiger partial charge in [0.2, 0.25) is 0 Å². The molecule has 0 aromatic heterocycles. The van der Waals surface area contributed by atoms with Gasteiger partial charge in [0.25, 0.3) is 0 Å². The fraction of sp³-hybridized carbons (Fsp3) is 0.533. The van der Waals surface area contributed by atoms with E-state index >= 15 is 0 Å². The van der Waals surface area contributed by atoms with Crippen LogP contribution < -0.4 is 0 Å². The van der Waals surface area contributed by atoms with Crippen molar-refractivity contribution >= 4 is 5.97 Å². The highest BCUT2D eigenvalue weighted by Gasteiger charge is 2.43. The average Bonchev–Trinajstić information content (AvgIpc) is 3.16. The lowest BCUT2D eigenvalue weighted by molar-refractivity contribution is -0.138. The maximum Gasteiger partial charge on any atom is 0.306 e. The number of aliphatic hydroxyl groups is 1. The summed E-state index contributed by atoms with van der Waals surface area (Å²) in [6.07, 6.45) is 2.57. The summed E-state index contributed by atoms with van der Waals surface area (Å²) in [5.74, 6) is -0.199. The van der Waals surface area contributed by atoms with Gasteiger partial charge >= 0.3 is 5.97 Å². The Morgan fingerprint density at radius 1 is 1.47 bits per heavy atom. The number of rotatable bonds is 6. The maximum absolute atomic E-state index is 10.9. The summed E-state index contributed by atoms with van der Waals surface area (Å²) in [4.78, 5) is 10.9. The molecule has 0 aliphatic heterocycles. The van der Waals surface area contributed by atoms with Gasteiger partial charge in [-0.2, -0.15) is 0 Å². The summed E-state index contributed by atoms with van der Waals surface area (Å²) in [6.45, 7) is 1.89. The Kier molecular flexibility index (Phi) is 4.10. The second-order valence-corrected chi connectivity index (χ2v) is 5.33. The monoisotopic (exact) mass is 264 g/mol. The van der Waals surface area contributed by atoms with Gasteiger partial charge in [0.05, 0.1) is 12.5 Å². The molecule has 3 unspecified atom stereocenters. The summed E-state index contributed by atoms with van der Waals surface area (Å²) in [7, 11) is 0. The lowest BCUT2D eigenvalue weighted by Gasteiger charge is -2.16. The Labute approximate surface area is 112 Å². The summed E-state index contributed by atoms with van der Waals surface area (Å²) >= 11 is 0. The molecule has 0 bridgehead atoms. The topological polar surface area (TPSA) is 77.8 Å². The number of phenols is 1. The van der Waals surface area contributed by atoms with E-state index in [1.54, 1.807) is 6.07 Å². The van der Waals surface area contributed by atoms with Gasteiger partial charge in [0, 0.05) is 5.56 Å². The fourth-order valence-corrected chi connectivity index (χ4v) is 2.70. The predicted molar refractivity (Wildman–Crippen MR) is 70.9 cm³/mol. The van der Waals surface area contributed by atoms with Crippen LogP contribution in [0, 0.1) is 11.8 Å². The SMILES string of the molecule is CCC(CC1CC1C(=O)O)c1ccc(O)c(CO)c1. The van der Waals surface area contributed by atoms with Crippen molar-refractivity contribution in [2.75, 3.05) is 0 Å². The molecule has 4 heteroatoms. The molecule has 0 saturated heterocycles. The van der Waals surface area contributed by atoms with Crippen LogP contribution in [0.5, 0.6) is 5.75 Å². The first-order valence-electron chi connectivity index (χ1n) is 6.72. The van der Waals surface area contributed by atoms with Crippen molar-refractivity contribution < 1.29 is 20.1 Å². The number of aliphatic hydroxyl groups excluding tert-OH is 1. The number of benzene rings is 1. The Balaban J connectivity index is 2.07. The molecule has 0 radical (unpaired) electrons. The highest BCUT2D eigenvalue weighted by atomic mass is 16.4. The van der Waals surface area contributed by atoms with E-state index in [9.17, 15) is 9.90 Å². The lowest BCUT2D eigenvalue weighted by Crippen LogP contribution is -2.04. The van der Waals surface area contributed by atoms with E-state index in [0.717, 1.165) is 24.8 Å². The van der Waals surface area contributed by atoms with Crippen LogP contribution in [0.2, 0.25) is 0 Å². The molecule has 1 aliphatic carbocycles. The van der Waals surface area contributed by atoms with Gasteiger partial charge in [-0.1, -0.05) is 13.0 Å². The quantitative estimate of drug-likeness (QED) is 0.737. The molecular weight excluding hydrogens is 244 g/mol. The molecule has 1 aliphatic rings. The smallest absolute Gasteiger partial charge is 0.306 e. The molecule has 1 fully saturated rings. The largest absolute Gasteiger partial charge is 0.508 e. The van der Waals surface area contributed by atoms with Crippen LogP contribution in [-0.2, 0) is 11.4 Å². The van der Waals surface area contributed by atoms with E-state index < -0.39 is 5.97 Å². The second kappa shape index (κ2) is 5.61. The average molecular weight is 264 g/mol. The Morgan fingerprint density at radius 3 is 2.74 bits per heavy atom. The fourth-order valence-electron chi connectivity index (χ4n) is 2.70. The molecule has 4 nitrogen and oxygen atoms in total. The number of aromatic hydroxyl groups is 1. The van der Waals surface area contributed by atoms with E-state index in [4.69, 9.17) is 10.2 Å². The third-order valence-electron chi connectivity index (χ3n) is 4.07.